The zero-order valence-corrected chi connectivity index (χ0v) is 26.1. The van der Waals surface area contributed by atoms with Gasteiger partial charge in [0.15, 0.2) is 0 Å². The molecule has 6 rings (SSSR count). The molecular formula is C38H36FeP2-6. The molecule has 0 unspecified atom stereocenters. The van der Waals surface area contributed by atoms with Gasteiger partial charge in [0, 0.05) is 17.1 Å². The van der Waals surface area contributed by atoms with Gasteiger partial charge >= 0.3 is 0 Å². The van der Waals surface area contributed by atoms with Crippen molar-refractivity contribution in [2.75, 3.05) is 0 Å². The Balaban J connectivity index is 0.000000584. The van der Waals surface area contributed by atoms with Crippen molar-refractivity contribution >= 4 is 26.5 Å². The van der Waals surface area contributed by atoms with Gasteiger partial charge in [-0.25, -0.2) is 12.1 Å². The predicted molar refractivity (Wildman–Crippen MR) is 178 cm³/mol. The molecular weight excluding hydrogens is 574 g/mol. The predicted octanol–water partition coefficient (Wildman–Crippen LogP) is 9.82. The second-order valence-corrected chi connectivity index (χ2v) is 14.3. The molecule has 0 fully saturated rings. The van der Waals surface area contributed by atoms with E-state index in [1.54, 1.807) is 10.6 Å². The average Bonchev–Trinajstić information content (AvgIpc) is 3.75. The molecule has 0 amide bonds. The Kier molecular flexibility index (Phi) is 12.8. The van der Waals surface area contributed by atoms with Gasteiger partial charge in [0.05, 0.1) is 0 Å². The number of hydrogen-bond donors (Lipinski definition) is 0. The topological polar surface area (TPSA) is 0 Å². The van der Waals surface area contributed by atoms with E-state index in [2.05, 4.69) is 140 Å². The molecule has 0 aliphatic rings. The molecule has 6 aromatic carbocycles. The molecule has 0 aliphatic carbocycles. The third kappa shape index (κ3) is 9.78. The van der Waals surface area contributed by atoms with Crippen LogP contribution in [0, 0.1) is 0 Å². The second kappa shape index (κ2) is 17.0. The van der Waals surface area contributed by atoms with E-state index in [-0.39, 0.29) is 32.9 Å². The maximum Gasteiger partial charge on any atom is 0 e. The largest absolute Gasteiger partial charge is 0.748 e. The zero-order valence-electron chi connectivity index (χ0n) is 23.2. The molecule has 0 bridgehead atoms. The summed E-state index contributed by atoms with van der Waals surface area (Å²) in [6.45, 7) is 0. The standard InChI is InChI=1S/C33H31P2.C5H5.Fe/c1-5-14-28(15-6-1)24-34(25-29-16-7-2-8-17-29)32-22-13-23-33(32)35(26-30-18-9-3-10-19-30)27-31-20-11-4-12-21-31;1-2-4-5-3-1;/h1-23H,24-27H2;1-5H;/q-1;-5;. The van der Waals surface area contributed by atoms with Crippen LogP contribution in [0.25, 0.3) is 0 Å². The monoisotopic (exact) mass is 610 g/mol. The minimum Gasteiger partial charge on any atom is -0.748 e. The first kappa shape index (κ1) is 30.9. The molecule has 0 saturated heterocycles. The van der Waals surface area contributed by atoms with E-state index in [0.717, 1.165) is 24.6 Å². The molecule has 6 aromatic rings. The molecule has 0 atom stereocenters. The Morgan fingerprint density at radius 2 is 0.756 bits per heavy atom. The van der Waals surface area contributed by atoms with E-state index < -0.39 is 0 Å². The van der Waals surface area contributed by atoms with Gasteiger partial charge < -0.3 is 30.3 Å². The van der Waals surface area contributed by atoms with Crippen LogP contribution in [-0.4, -0.2) is 0 Å². The van der Waals surface area contributed by atoms with Crippen molar-refractivity contribution in [1.82, 2.24) is 0 Å². The molecule has 0 saturated carbocycles. The van der Waals surface area contributed by atoms with Crippen LogP contribution in [0.5, 0.6) is 0 Å². The Hall–Kier alpha value is -3.04. The van der Waals surface area contributed by atoms with Gasteiger partial charge in [0.25, 0.3) is 0 Å². The van der Waals surface area contributed by atoms with Gasteiger partial charge in [-0.2, -0.15) is 6.07 Å². The quantitative estimate of drug-likeness (QED) is 0.0823. The Morgan fingerprint density at radius 1 is 0.415 bits per heavy atom. The fourth-order valence-electron chi connectivity index (χ4n) is 4.92. The van der Waals surface area contributed by atoms with Crippen LogP contribution in [0.1, 0.15) is 22.3 Å². The third-order valence-electron chi connectivity index (χ3n) is 6.87. The minimum absolute atomic E-state index is 0. The van der Waals surface area contributed by atoms with Crippen LogP contribution in [0.2, 0.25) is 0 Å². The molecule has 0 aliphatic heterocycles. The molecule has 3 heteroatoms. The summed E-state index contributed by atoms with van der Waals surface area (Å²) < 4.78 is 0. The summed E-state index contributed by atoms with van der Waals surface area (Å²) in [6.07, 6.45) is 4.51. The summed E-state index contributed by atoms with van der Waals surface area (Å²) in [5.41, 5.74) is 5.77. The first-order chi connectivity index (χ1) is 19.8. The second-order valence-electron chi connectivity index (χ2n) is 9.91. The van der Waals surface area contributed by atoms with Crippen LogP contribution in [0.15, 0.2) is 170 Å². The van der Waals surface area contributed by atoms with E-state index in [1.807, 2.05) is 30.3 Å². The van der Waals surface area contributed by atoms with E-state index in [4.69, 9.17) is 0 Å². The molecule has 41 heavy (non-hydrogen) atoms. The maximum atomic E-state index is 2.43. The van der Waals surface area contributed by atoms with Crippen LogP contribution in [0.3, 0.4) is 0 Å². The van der Waals surface area contributed by atoms with Crippen molar-refractivity contribution in [2.45, 2.75) is 24.6 Å². The Morgan fingerprint density at radius 3 is 1.12 bits per heavy atom. The van der Waals surface area contributed by atoms with Crippen LogP contribution < -0.4 is 10.6 Å². The summed E-state index contributed by atoms with van der Waals surface area (Å²) in [4.78, 5) is 0. The van der Waals surface area contributed by atoms with Gasteiger partial charge in [0.2, 0.25) is 0 Å². The van der Waals surface area contributed by atoms with Crippen LogP contribution in [-0.2, 0) is 41.7 Å². The van der Waals surface area contributed by atoms with Crippen molar-refractivity contribution in [1.29, 1.82) is 0 Å². The molecule has 0 radical (unpaired) electrons. The van der Waals surface area contributed by atoms with Crippen LogP contribution >= 0.6 is 15.8 Å². The van der Waals surface area contributed by atoms with E-state index in [9.17, 15) is 0 Å². The molecule has 0 spiro atoms. The number of rotatable bonds is 10. The van der Waals surface area contributed by atoms with Crippen molar-refractivity contribution in [3.63, 3.8) is 0 Å². The third-order valence-corrected chi connectivity index (χ3v) is 12.2. The maximum absolute atomic E-state index is 2.43. The first-order valence-electron chi connectivity index (χ1n) is 13.9. The summed E-state index contributed by atoms with van der Waals surface area (Å²) in [7, 11) is -0.715. The average molecular weight is 610 g/mol. The van der Waals surface area contributed by atoms with Gasteiger partial charge in [-0.05, 0) is 46.9 Å². The Bertz CT molecular complexity index is 1280. The van der Waals surface area contributed by atoms with Gasteiger partial charge in [-0.1, -0.05) is 129 Å². The van der Waals surface area contributed by atoms with Gasteiger partial charge in [-0.3, -0.25) is 0 Å². The van der Waals surface area contributed by atoms with Crippen molar-refractivity contribution < 1.29 is 17.1 Å². The summed E-state index contributed by atoms with van der Waals surface area (Å²) in [6, 6.07) is 61.4. The SMILES string of the molecule is [Fe].[cH-]1[cH-][cH-][cH-][cH-]1.c1ccc(CP(Cc2ccccc2)c2ccc[c-]2P(Cc2ccccc2)Cc2ccccc2)cc1. The van der Waals surface area contributed by atoms with Gasteiger partial charge in [-0.15, -0.1) is 18.5 Å². The van der Waals surface area contributed by atoms with Gasteiger partial charge in [0.1, 0.15) is 0 Å². The summed E-state index contributed by atoms with van der Waals surface area (Å²) in [5.74, 6) is 0. The Labute approximate surface area is 259 Å². The molecule has 0 heterocycles. The molecule has 0 aromatic heterocycles. The van der Waals surface area contributed by atoms with E-state index in [0.29, 0.717) is 0 Å². The van der Waals surface area contributed by atoms with Crippen molar-refractivity contribution in [2.24, 2.45) is 0 Å². The minimum atomic E-state index is -0.358. The molecule has 0 nitrogen and oxygen atoms in total. The van der Waals surface area contributed by atoms with E-state index in [1.165, 1.54) is 22.3 Å². The van der Waals surface area contributed by atoms with E-state index >= 15 is 0 Å². The summed E-state index contributed by atoms with van der Waals surface area (Å²) in [5, 5.41) is 3.20. The number of hydrogen-bond acceptors (Lipinski definition) is 0. The fourth-order valence-corrected chi connectivity index (χ4v) is 10.7. The van der Waals surface area contributed by atoms with Crippen molar-refractivity contribution in [3.05, 3.63) is 192 Å². The van der Waals surface area contributed by atoms with Crippen molar-refractivity contribution in [3.8, 4) is 0 Å². The molecule has 0 N–H and O–H groups in total. The molecule has 212 valence electrons. The zero-order chi connectivity index (χ0) is 27.2. The van der Waals surface area contributed by atoms with Crippen LogP contribution in [0.4, 0.5) is 0 Å². The first-order valence-corrected chi connectivity index (χ1v) is 17.4. The number of benzene rings is 4. The summed E-state index contributed by atoms with van der Waals surface area (Å²) >= 11 is 0. The normalized spacial score (nSPS) is 10.6. The fraction of sp³-hybridized carbons (Fsp3) is 0.105. The smallest absolute Gasteiger partial charge is 0 e.